The zero-order chi connectivity index (χ0) is 17.6. The Labute approximate surface area is 145 Å². The molecule has 0 radical (unpaired) electrons. The average molecular weight is 339 g/mol. The van der Waals surface area contributed by atoms with Gasteiger partial charge in [-0.2, -0.15) is 5.10 Å². The zero-order valence-corrected chi connectivity index (χ0v) is 14.3. The summed E-state index contributed by atoms with van der Waals surface area (Å²) in [4.78, 5) is 12.2. The number of H-pyrrole nitrogens is 1. The molecule has 1 unspecified atom stereocenters. The second kappa shape index (κ2) is 7.69. The number of benzene rings is 1. The number of aromatic amines is 1. The first-order valence-corrected chi connectivity index (χ1v) is 8.33. The number of hydrogen-bond acceptors (Lipinski definition) is 5. The second-order valence-electron chi connectivity index (χ2n) is 6.04. The van der Waals surface area contributed by atoms with Crippen molar-refractivity contribution in [3.05, 3.63) is 47.9 Å². The number of hydrogen-bond donors (Lipinski definition) is 2. The molecule has 0 spiro atoms. The van der Waals surface area contributed by atoms with Crippen molar-refractivity contribution in [2.45, 2.75) is 39.0 Å². The number of anilines is 1. The fraction of sp³-hybridized carbons (Fsp3) is 0.353. The van der Waals surface area contributed by atoms with E-state index in [2.05, 4.69) is 44.9 Å². The number of nitrogens with one attached hydrogen (secondary N) is 2. The van der Waals surface area contributed by atoms with Crippen LogP contribution >= 0.6 is 0 Å². The van der Waals surface area contributed by atoms with Crippen molar-refractivity contribution in [1.29, 1.82) is 0 Å². The van der Waals surface area contributed by atoms with Crippen LogP contribution in [0.5, 0.6) is 0 Å². The Hall–Kier alpha value is -3.03. The fourth-order valence-corrected chi connectivity index (χ4v) is 2.66. The van der Waals surface area contributed by atoms with E-state index in [1.54, 1.807) is 4.68 Å². The normalized spacial score (nSPS) is 12.1. The van der Waals surface area contributed by atoms with Crippen LogP contribution in [0.2, 0.25) is 0 Å². The molecule has 2 aromatic heterocycles. The SMILES string of the molecule is CCCC(C)c1cc(NC(=O)Cc2ccc(-n3cnnn3)cc2)n[nH]1. The molecule has 3 aromatic rings. The van der Waals surface area contributed by atoms with E-state index >= 15 is 0 Å². The Kier molecular flexibility index (Phi) is 5.17. The van der Waals surface area contributed by atoms with E-state index in [4.69, 9.17) is 0 Å². The van der Waals surface area contributed by atoms with Gasteiger partial charge in [-0.25, -0.2) is 4.68 Å². The minimum Gasteiger partial charge on any atom is -0.309 e. The van der Waals surface area contributed by atoms with Crippen molar-refractivity contribution in [3.8, 4) is 5.69 Å². The van der Waals surface area contributed by atoms with Crippen LogP contribution in [0.4, 0.5) is 5.82 Å². The molecule has 0 saturated carbocycles. The highest BCUT2D eigenvalue weighted by atomic mass is 16.1. The third-order valence-electron chi connectivity index (χ3n) is 4.03. The molecule has 0 aliphatic rings. The molecule has 1 aromatic carbocycles. The monoisotopic (exact) mass is 339 g/mol. The van der Waals surface area contributed by atoms with E-state index < -0.39 is 0 Å². The number of amides is 1. The van der Waals surface area contributed by atoms with Gasteiger partial charge in [0.25, 0.3) is 0 Å². The van der Waals surface area contributed by atoms with E-state index in [1.807, 2.05) is 30.3 Å². The molecule has 25 heavy (non-hydrogen) atoms. The Morgan fingerprint density at radius 1 is 1.32 bits per heavy atom. The van der Waals surface area contributed by atoms with Gasteiger partial charge >= 0.3 is 0 Å². The van der Waals surface area contributed by atoms with Crippen LogP contribution in [0.1, 0.15) is 43.9 Å². The number of carbonyl (C=O) groups is 1. The van der Waals surface area contributed by atoms with Gasteiger partial charge in [-0.3, -0.25) is 9.89 Å². The van der Waals surface area contributed by atoms with Crippen molar-refractivity contribution in [2.24, 2.45) is 0 Å². The highest BCUT2D eigenvalue weighted by Crippen LogP contribution is 2.20. The van der Waals surface area contributed by atoms with Crippen molar-refractivity contribution < 1.29 is 4.79 Å². The molecular weight excluding hydrogens is 318 g/mol. The first-order valence-electron chi connectivity index (χ1n) is 8.33. The van der Waals surface area contributed by atoms with Crippen molar-refractivity contribution >= 4 is 11.7 Å². The zero-order valence-electron chi connectivity index (χ0n) is 14.3. The largest absolute Gasteiger partial charge is 0.309 e. The summed E-state index contributed by atoms with van der Waals surface area (Å²) in [5.41, 5.74) is 2.79. The van der Waals surface area contributed by atoms with Gasteiger partial charge in [-0.05, 0) is 40.5 Å². The van der Waals surface area contributed by atoms with Crippen LogP contribution in [0, 0.1) is 0 Å². The quantitative estimate of drug-likeness (QED) is 0.688. The van der Waals surface area contributed by atoms with E-state index in [9.17, 15) is 4.79 Å². The highest BCUT2D eigenvalue weighted by Gasteiger charge is 2.11. The van der Waals surface area contributed by atoms with Crippen molar-refractivity contribution in [2.75, 3.05) is 5.32 Å². The Balaban J connectivity index is 1.57. The molecule has 2 N–H and O–H groups in total. The summed E-state index contributed by atoms with van der Waals surface area (Å²) in [5, 5.41) is 21.0. The van der Waals surface area contributed by atoms with Gasteiger partial charge in [0.1, 0.15) is 6.33 Å². The lowest BCUT2D eigenvalue weighted by Crippen LogP contribution is -2.14. The molecular formula is C17H21N7O. The standard InChI is InChI=1S/C17H21N7O/c1-3-4-12(2)15-10-16(21-20-15)19-17(25)9-13-5-7-14(8-6-13)24-11-18-22-23-24/h5-8,10-12H,3-4,9H2,1-2H3,(H2,19,20,21,25). The Bertz CT molecular complexity index is 808. The minimum atomic E-state index is -0.101. The highest BCUT2D eigenvalue weighted by molar-refractivity contribution is 5.91. The number of nitrogens with zero attached hydrogens (tertiary/aromatic N) is 5. The molecule has 1 amide bonds. The third kappa shape index (κ3) is 4.28. The van der Waals surface area contributed by atoms with Gasteiger partial charge < -0.3 is 5.32 Å². The summed E-state index contributed by atoms with van der Waals surface area (Å²) >= 11 is 0. The lowest BCUT2D eigenvalue weighted by atomic mass is 10.0. The maximum absolute atomic E-state index is 12.2. The van der Waals surface area contributed by atoms with Crippen molar-refractivity contribution in [3.63, 3.8) is 0 Å². The second-order valence-corrected chi connectivity index (χ2v) is 6.04. The van der Waals surface area contributed by atoms with Gasteiger partial charge in [0.15, 0.2) is 5.82 Å². The van der Waals surface area contributed by atoms with Gasteiger partial charge in [-0.15, -0.1) is 5.10 Å². The van der Waals surface area contributed by atoms with Crippen LogP contribution in [-0.2, 0) is 11.2 Å². The van der Waals surface area contributed by atoms with E-state index in [1.165, 1.54) is 6.33 Å². The van der Waals surface area contributed by atoms with E-state index in [-0.39, 0.29) is 12.3 Å². The molecule has 3 rings (SSSR count). The summed E-state index contributed by atoms with van der Waals surface area (Å²) in [6.45, 7) is 4.30. The smallest absolute Gasteiger partial charge is 0.229 e. The number of aromatic nitrogens is 6. The minimum absolute atomic E-state index is 0.101. The summed E-state index contributed by atoms with van der Waals surface area (Å²) < 4.78 is 1.56. The fourth-order valence-electron chi connectivity index (χ4n) is 2.66. The van der Waals surface area contributed by atoms with Crippen LogP contribution in [0.15, 0.2) is 36.7 Å². The molecule has 0 aliphatic carbocycles. The Morgan fingerprint density at radius 3 is 2.80 bits per heavy atom. The Morgan fingerprint density at radius 2 is 2.12 bits per heavy atom. The average Bonchev–Trinajstić information content (AvgIpc) is 3.27. The van der Waals surface area contributed by atoms with Crippen molar-refractivity contribution in [1.82, 2.24) is 30.4 Å². The van der Waals surface area contributed by atoms with E-state index in [0.29, 0.717) is 11.7 Å². The summed E-state index contributed by atoms with van der Waals surface area (Å²) in [7, 11) is 0. The predicted octanol–water partition coefficient (Wildman–Crippen LogP) is 2.47. The molecule has 0 saturated heterocycles. The number of rotatable bonds is 7. The molecule has 2 heterocycles. The topological polar surface area (TPSA) is 101 Å². The van der Waals surface area contributed by atoms with Gasteiger partial charge in [0.05, 0.1) is 12.1 Å². The van der Waals surface area contributed by atoms with Gasteiger partial charge in [0, 0.05) is 11.8 Å². The first kappa shape index (κ1) is 16.8. The predicted molar refractivity (Wildman–Crippen MR) is 93.4 cm³/mol. The van der Waals surface area contributed by atoms with Crippen LogP contribution in [0.3, 0.4) is 0 Å². The number of carbonyl (C=O) groups excluding carboxylic acids is 1. The van der Waals surface area contributed by atoms with Gasteiger partial charge in [-0.1, -0.05) is 32.4 Å². The van der Waals surface area contributed by atoms with E-state index in [0.717, 1.165) is 29.8 Å². The maximum atomic E-state index is 12.2. The summed E-state index contributed by atoms with van der Waals surface area (Å²) in [6.07, 6.45) is 4.00. The molecule has 8 heteroatoms. The third-order valence-corrected chi connectivity index (χ3v) is 4.03. The molecule has 0 bridgehead atoms. The lowest BCUT2D eigenvalue weighted by Gasteiger charge is -2.05. The summed E-state index contributed by atoms with van der Waals surface area (Å²) in [5.74, 6) is 0.867. The van der Waals surface area contributed by atoms with Crippen LogP contribution < -0.4 is 5.32 Å². The van der Waals surface area contributed by atoms with Crippen LogP contribution in [-0.4, -0.2) is 36.3 Å². The van der Waals surface area contributed by atoms with Crippen LogP contribution in [0.25, 0.3) is 5.69 Å². The molecule has 0 fully saturated rings. The molecule has 130 valence electrons. The molecule has 0 aliphatic heterocycles. The molecule has 1 atom stereocenters. The maximum Gasteiger partial charge on any atom is 0.229 e. The molecule has 8 nitrogen and oxygen atoms in total. The lowest BCUT2D eigenvalue weighted by molar-refractivity contribution is -0.115. The van der Waals surface area contributed by atoms with Gasteiger partial charge in [0.2, 0.25) is 5.91 Å². The first-order chi connectivity index (χ1) is 12.2. The summed E-state index contributed by atoms with van der Waals surface area (Å²) in [6, 6.07) is 9.42. The number of tetrazole rings is 1.